The first-order valence-electron chi connectivity index (χ1n) is 10.1. The van der Waals surface area contributed by atoms with Crippen LogP contribution in [0.4, 0.5) is 14.5 Å². The molecule has 2 atom stereocenters. The Morgan fingerprint density at radius 1 is 1.22 bits per heavy atom. The number of halogens is 3. The average Bonchev–Trinajstić information content (AvgIpc) is 2.72. The van der Waals surface area contributed by atoms with Gasteiger partial charge in [0.05, 0.1) is 6.04 Å². The van der Waals surface area contributed by atoms with Crippen LogP contribution in [-0.4, -0.2) is 39.1 Å². The predicted octanol–water partition coefficient (Wildman–Crippen LogP) is 4.99. The Bertz CT molecular complexity index is 1100. The van der Waals surface area contributed by atoms with E-state index in [0.717, 1.165) is 11.7 Å². The zero-order chi connectivity index (χ0) is 23.5. The number of amides is 1. The van der Waals surface area contributed by atoms with Crippen LogP contribution in [0.2, 0.25) is 5.02 Å². The molecule has 1 N–H and O–H groups in total. The minimum Gasteiger partial charge on any atom is -0.364 e. The maximum absolute atomic E-state index is 14.2. The van der Waals surface area contributed by atoms with Gasteiger partial charge in [0, 0.05) is 53.4 Å². The quantitative estimate of drug-likeness (QED) is 0.629. The highest BCUT2D eigenvalue weighted by atomic mass is 35.5. The normalized spacial score (nSPS) is 19.7. The molecule has 1 saturated heterocycles. The highest BCUT2D eigenvalue weighted by molar-refractivity contribution is 7.93. The molecular weight excluding hydrogens is 458 g/mol. The molecule has 2 aromatic carbocycles. The molecule has 172 valence electrons. The van der Waals surface area contributed by atoms with Crippen molar-refractivity contribution in [2.75, 3.05) is 17.7 Å². The summed E-state index contributed by atoms with van der Waals surface area (Å²) in [6, 6.07) is 12.6. The van der Waals surface area contributed by atoms with Gasteiger partial charge >= 0.3 is 0 Å². The van der Waals surface area contributed by atoms with Crippen LogP contribution in [-0.2, 0) is 9.84 Å². The standard InChI is InChI=1S/C23H25ClF2N2O3S/c1-16(11-14-32(2,30)31)27-22(29)17-7-9-18(10-8-17)28-13-12-23(25,26)15-21(28)19-5-3-4-6-20(19)24/h3-11,14,16,21H,12-13,15H2,1-2H3,(H,27,29)/b14-11+/t16-,21?/m1/s1. The smallest absolute Gasteiger partial charge is 0.252 e. The molecule has 1 heterocycles. The van der Waals surface area contributed by atoms with Crippen LogP contribution in [0.1, 0.15) is 41.7 Å². The predicted molar refractivity (Wildman–Crippen MR) is 123 cm³/mol. The van der Waals surface area contributed by atoms with Crippen molar-refractivity contribution < 1.29 is 22.0 Å². The van der Waals surface area contributed by atoms with E-state index in [4.69, 9.17) is 11.6 Å². The third-order valence-corrected chi connectivity index (χ3v) is 6.28. The number of piperidine rings is 1. The number of carbonyl (C=O) groups is 1. The number of alkyl halides is 2. The van der Waals surface area contributed by atoms with Gasteiger partial charge in [0.15, 0.2) is 9.84 Å². The number of nitrogens with zero attached hydrogens (tertiary/aromatic N) is 1. The third-order valence-electron chi connectivity index (χ3n) is 5.29. The van der Waals surface area contributed by atoms with Crippen molar-refractivity contribution in [3.05, 3.63) is 76.2 Å². The van der Waals surface area contributed by atoms with Crippen molar-refractivity contribution >= 4 is 33.0 Å². The minimum atomic E-state index is -3.28. The first-order chi connectivity index (χ1) is 15.0. The molecule has 0 saturated carbocycles. The number of hydrogen-bond donors (Lipinski definition) is 1. The van der Waals surface area contributed by atoms with E-state index in [2.05, 4.69) is 5.32 Å². The van der Waals surface area contributed by atoms with Gasteiger partial charge in [-0.05, 0) is 42.8 Å². The summed E-state index contributed by atoms with van der Waals surface area (Å²) in [4.78, 5) is 14.3. The van der Waals surface area contributed by atoms with Gasteiger partial charge in [-0.1, -0.05) is 35.9 Å². The largest absolute Gasteiger partial charge is 0.364 e. The van der Waals surface area contributed by atoms with E-state index in [1.54, 1.807) is 55.5 Å². The molecule has 1 aliphatic rings. The topological polar surface area (TPSA) is 66.5 Å². The second-order valence-electron chi connectivity index (χ2n) is 8.01. The fraction of sp³-hybridized carbons (Fsp3) is 0.348. The highest BCUT2D eigenvalue weighted by Gasteiger charge is 2.41. The lowest BCUT2D eigenvalue weighted by molar-refractivity contribution is -0.0342. The Balaban J connectivity index is 1.78. The molecule has 1 aliphatic heterocycles. The van der Waals surface area contributed by atoms with Gasteiger partial charge in [-0.2, -0.15) is 0 Å². The Morgan fingerprint density at radius 3 is 2.50 bits per heavy atom. The fourth-order valence-corrected chi connectivity index (χ4v) is 4.45. The molecular formula is C23H25ClF2N2O3S. The van der Waals surface area contributed by atoms with Gasteiger partial charge in [-0.25, -0.2) is 17.2 Å². The molecule has 32 heavy (non-hydrogen) atoms. The molecule has 0 aromatic heterocycles. The average molecular weight is 483 g/mol. The van der Waals surface area contributed by atoms with Crippen LogP contribution >= 0.6 is 11.6 Å². The summed E-state index contributed by atoms with van der Waals surface area (Å²) in [7, 11) is -3.28. The maximum Gasteiger partial charge on any atom is 0.252 e. The fourth-order valence-electron chi connectivity index (χ4n) is 3.67. The van der Waals surface area contributed by atoms with Crippen LogP contribution in [0.3, 0.4) is 0 Å². The van der Waals surface area contributed by atoms with Gasteiger partial charge in [0.1, 0.15) is 0 Å². The van der Waals surface area contributed by atoms with Crippen molar-refractivity contribution in [1.29, 1.82) is 0 Å². The lowest BCUT2D eigenvalue weighted by Crippen LogP contribution is -2.42. The number of benzene rings is 2. The van der Waals surface area contributed by atoms with Crippen molar-refractivity contribution in [3.63, 3.8) is 0 Å². The Kier molecular flexibility index (Phi) is 7.25. The summed E-state index contributed by atoms with van der Waals surface area (Å²) in [5.74, 6) is -3.15. The monoisotopic (exact) mass is 482 g/mol. The summed E-state index contributed by atoms with van der Waals surface area (Å²) in [5.41, 5.74) is 1.74. The lowest BCUT2D eigenvalue weighted by Gasteiger charge is -2.41. The van der Waals surface area contributed by atoms with Crippen LogP contribution in [0.15, 0.2) is 60.0 Å². The van der Waals surface area contributed by atoms with Crippen molar-refractivity contribution in [2.24, 2.45) is 0 Å². The third kappa shape index (κ3) is 6.29. The van der Waals surface area contributed by atoms with Crippen molar-refractivity contribution in [1.82, 2.24) is 5.32 Å². The van der Waals surface area contributed by atoms with E-state index in [-0.39, 0.29) is 25.3 Å². The molecule has 1 fully saturated rings. The summed E-state index contributed by atoms with van der Waals surface area (Å²) in [6.07, 6.45) is 1.86. The molecule has 0 spiro atoms. The number of hydrogen-bond acceptors (Lipinski definition) is 4. The van der Waals surface area contributed by atoms with Crippen LogP contribution in [0.25, 0.3) is 0 Å². The molecule has 0 aliphatic carbocycles. The summed E-state index contributed by atoms with van der Waals surface area (Å²) >= 11 is 6.30. The number of sulfone groups is 1. The van der Waals surface area contributed by atoms with E-state index in [0.29, 0.717) is 21.8 Å². The van der Waals surface area contributed by atoms with E-state index < -0.39 is 27.8 Å². The van der Waals surface area contributed by atoms with Crippen molar-refractivity contribution in [2.45, 2.75) is 37.8 Å². The molecule has 9 heteroatoms. The highest BCUT2D eigenvalue weighted by Crippen LogP contribution is 2.43. The van der Waals surface area contributed by atoms with E-state index in [1.807, 2.05) is 4.90 Å². The zero-order valence-electron chi connectivity index (χ0n) is 17.8. The minimum absolute atomic E-state index is 0.155. The Hall–Kier alpha value is -2.45. The summed E-state index contributed by atoms with van der Waals surface area (Å²) in [5, 5.41) is 4.18. The number of nitrogens with one attached hydrogen (secondary N) is 1. The van der Waals surface area contributed by atoms with Crippen LogP contribution in [0.5, 0.6) is 0 Å². The van der Waals surface area contributed by atoms with Gasteiger partial charge in [0.25, 0.3) is 11.8 Å². The number of rotatable bonds is 6. The van der Waals surface area contributed by atoms with Gasteiger partial charge in [-0.3, -0.25) is 4.79 Å². The molecule has 0 radical (unpaired) electrons. The molecule has 1 unspecified atom stereocenters. The van der Waals surface area contributed by atoms with E-state index >= 15 is 0 Å². The van der Waals surface area contributed by atoms with Crippen LogP contribution < -0.4 is 10.2 Å². The van der Waals surface area contributed by atoms with Gasteiger partial charge in [0.2, 0.25) is 0 Å². The summed E-state index contributed by atoms with van der Waals surface area (Å²) in [6.45, 7) is 1.82. The second-order valence-corrected chi connectivity index (χ2v) is 10.3. The Labute approximate surface area is 192 Å². The van der Waals surface area contributed by atoms with Gasteiger partial charge in [-0.15, -0.1) is 0 Å². The first kappa shape index (κ1) is 24.2. The van der Waals surface area contributed by atoms with Crippen LogP contribution in [0, 0.1) is 0 Å². The number of carbonyl (C=O) groups excluding carboxylic acids is 1. The number of anilines is 1. The SMILES string of the molecule is C[C@H](/C=C/S(C)(=O)=O)NC(=O)c1ccc(N2CCC(F)(F)CC2c2ccccc2Cl)cc1. The first-order valence-corrected chi connectivity index (χ1v) is 12.5. The molecule has 0 bridgehead atoms. The van der Waals surface area contributed by atoms with Crippen molar-refractivity contribution in [3.8, 4) is 0 Å². The maximum atomic E-state index is 14.2. The Morgan fingerprint density at radius 2 is 1.88 bits per heavy atom. The lowest BCUT2D eigenvalue weighted by atomic mass is 9.92. The zero-order valence-corrected chi connectivity index (χ0v) is 19.3. The summed E-state index contributed by atoms with van der Waals surface area (Å²) < 4.78 is 50.9. The molecule has 1 amide bonds. The van der Waals surface area contributed by atoms with Gasteiger partial charge < -0.3 is 10.2 Å². The molecule has 2 aromatic rings. The van der Waals surface area contributed by atoms with E-state index in [1.165, 1.54) is 6.08 Å². The molecule has 5 nitrogen and oxygen atoms in total. The molecule has 3 rings (SSSR count). The van der Waals surface area contributed by atoms with E-state index in [9.17, 15) is 22.0 Å². The second kappa shape index (κ2) is 9.58.